The summed E-state index contributed by atoms with van der Waals surface area (Å²) in [7, 11) is 0. The van der Waals surface area contributed by atoms with E-state index in [9.17, 15) is 0 Å². The van der Waals surface area contributed by atoms with E-state index in [1.807, 2.05) is 0 Å². The Morgan fingerprint density at radius 1 is 1.30 bits per heavy atom. The maximum absolute atomic E-state index is 4.51. The molecule has 5 nitrogen and oxygen atoms in total. The van der Waals surface area contributed by atoms with Gasteiger partial charge in [0.05, 0.1) is 0 Å². The van der Waals surface area contributed by atoms with Crippen molar-refractivity contribution in [3.8, 4) is 11.4 Å². The number of aromatic nitrogens is 4. The third-order valence-electron chi connectivity index (χ3n) is 0.983. The van der Waals surface area contributed by atoms with E-state index >= 15 is 0 Å². The van der Waals surface area contributed by atoms with Gasteiger partial charge < -0.3 is 4.52 Å². The fourth-order valence-corrected chi connectivity index (χ4v) is 1.00. The third-order valence-corrected chi connectivity index (χ3v) is 1.49. The first kappa shape index (κ1) is 5.48. The van der Waals surface area contributed by atoms with Gasteiger partial charge in [0.1, 0.15) is 5.69 Å². The molecule has 0 saturated carbocycles. The molecule has 0 bridgehead atoms. The van der Waals surface area contributed by atoms with Crippen LogP contribution in [-0.2, 0) is 0 Å². The molecule has 0 unspecified atom stereocenters. The highest BCUT2D eigenvalue weighted by molar-refractivity contribution is 7.03. The molecule has 0 radical (unpaired) electrons. The molecule has 0 aliphatic rings. The van der Waals surface area contributed by atoms with E-state index in [4.69, 9.17) is 0 Å². The predicted octanol–water partition coefficient (Wildman–Crippen LogP) is 0.588. The van der Waals surface area contributed by atoms with Crippen LogP contribution in [0.15, 0.2) is 16.2 Å². The molecule has 0 amide bonds. The summed E-state index contributed by atoms with van der Waals surface area (Å²) in [6.07, 6.45) is 1.43. The van der Waals surface area contributed by atoms with Gasteiger partial charge in [0, 0.05) is 10.7 Å². The van der Waals surface area contributed by atoms with E-state index in [1.54, 1.807) is 5.38 Å². The van der Waals surface area contributed by atoms with E-state index in [2.05, 4.69) is 24.5 Å². The molecule has 2 rings (SSSR count). The number of hydrogen-bond donors (Lipinski definition) is 0. The quantitative estimate of drug-likeness (QED) is 0.601. The first-order chi connectivity index (χ1) is 4.97. The Morgan fingerprint density at radius 2 is 2.30 bits per heavy atom. The number of rotatable bonds is 1. The lowest BCUT2D eigenvalue weighted by Gasteiger charge is -1.76. The van der Waals surface area contributed by atoms with Crippen molar-refractivity contribution in [2.45, 2.75) is 0 Å². The molecule has 0 aromatic carbocycles. The van der Waals surface area contributed by atoms with Crippen molar-refractivity contribution < 1.29 is 4.52 Å². The molecule has 50 valence electrons. The minimum atomic E-state index is 0.619. The average molecular weight is 154 g/mol. The van der Waals surface area contributed by atoms with Gasteiger partial charge in [-0.05, 0) is 11.5 Å². The standard InChI is InChI=1S/C4H2N4OS/c1-3(5-7-9-1)4-2-10-8-6-4/h1-2H. The topological polar surface area (TPSA) is 64.7 Å². The second-order valence-electron chi connectivity index (χ2n) is 1.58. The van der Waals surface area contributed by atoms with Gasteiger partial charge in [-0.25, -0.2) is 0 Å². The fourth-order valence-electron chi connectivity index (χ4n) is 0.552. The largest absolute Gasteiger partial charge is 0.345 e. The van der Waals surface area contributed by atoms with Crippen molar-refractivity contribution in [1.82, 2.24) is 20.0 Å². The van der Waals surface area contributed by atoms with Crippen LogP contribution in [-0.4, -0.2) is 20.0 Å². The van der Waals surface area contributed by atoms with Crippen molar-refractivity contribution >= 4 is 11.5 Å². The highest BCUT2D eigenvalue weighted by Gasteiger charge is 2.03. The smallest absolute Gasteiger partial charge is 0.155 e. The highest BCUT2D eigenvalue weighted by atomic mass is 32.1. The van der Waals surface area contributed by atoms with Crippen molar-refractivity contribution in [1.29, 1.82) is 0 Å². The zero-order valence-electron chi connectivity index (χ0n) is 4.76. The summed E-state index contributed by atoms with van der Waals surface area (Å²) in [5.41, 5.74) is 1.32. The Balaban J connectivity index is 2.48. The van der Waals surface area contributed by atoms with Crippen LogP contribution >= 0.6 is 11.5 Å². The molecule has 0 fully saturated rings. The van der Waals surface area contributed by atoms with Crippen molar-refractivity contribution in [2.24, 2.45) is 0 Å². The Hall–Kier alpha value is -1.30. The van der Waals surface area contributed by atoms with Gasteiger partial charge in [-0.3, -0.25) is 0 Å². The number of hydrogen-bond acceptors (Lipinski definition) is 6. The van der Waals surface area contributed by atoms with Crippen LogP contribution in [0.5, 0.6) is 0 Å². The molecule has 2 heterocycles. The first-order valence-corrected chi connectivity index (χ1v) is 3.35. The van der Waals surface area contributed by atoms with Crippen LogP contribution in [0.3, 0.4) is 0 Å². The van der Waals surface area contributed by atoms with E-state index in [-0.39, 0.29) is 0 Å². The fraction of sp³-hybridized carbons (Fsp3) is 0. The van der Waals surface area contributed by atoms with Gasteiger partial charge in [0.2, 0.25) is 0 Å². The van der Waals surface area contributed by atoms with E-state index in [0.29, 0.717) is 11.4 Å². The zero-order valence-corrected chi connectivity index (χ0v) is 5.58. The molecule has 0 spiro atoms. The SMILES string of the molecule is c1onnc1-c1csnn1. The highest BCUT2D eigenvalue weighted by Crippen LogP contribution is 2.12. The Morgan fingerprint density at radius 3 is 2.90 bits per heavy atom. The van der Waals surface area contributed by atoms with Gasteiger partial charge >= 0.3 is 0 Å². The molecule has 0 atom stereocenters. The zero-order chi connectivity index (χ0) is 6.81. The lowest BCUT2D eigenvalue weighted by Crippen LogP contribution is -1.76. The van der Waals surface area contributed by atoms with Crippen LogP contribution in [0.25, 0.3) is 11.4 Å². The van der Waals surface area contributed by atoms with Gasteiger partial charge in [-0.1, -0.05) is 4.49 Å². The Bertz CT molecular complexity index is 257. The normalized spacial score (nSPS) is 10.0. The molecule has 0 saturated heterocycles. The van der Waals surface area contributed by atoms with Crippen molar-refractivity contribution in [3.05, 3.63) is 11.6 Å². The first-order valence-electron chi connectivity index (χ1n) is 2.51. The van der Waals surface area contributed by atoms with Crippen LogP contribution in [0.2, 0.25) is 0 Å². The predicted molar refractivity (Wildman–Crippen MR) is 33.2 cm³/mol. The maximum Gasteiger partial charge on any atom is 0.155 e. The van der Waals surface area contributed by atoms with Crippen LogP contribution < -0.4 is 0 Å². The Kier molecular flexibility index (Phi) is 1.17. The molecule has 10 heavy (non-hydrogen) atoms. The third kappa shape index (κ3) is 0.781. The monoisotopic (exact) mass is 154 g/mol. The molecule has 0 N–H and O–H groups in total. The Labute approximate surface area is 59.8 Å². The lowest BCUT2D eigenvalue weighted by molar-refractivity contribution is 0.393. The van der Waals surface area contributed by atoms with Crippen LogP contribution in [0.1, 0.15) is 0 Å². The summed E-state index contributed by atoms with van der Waals surface area (Å²) >= 11 is 1.27. The van der Waals surface area contributed by atoms with Crippen LogP contribution in [0.4, 0.5) is 0 Å². The molecular formula is C4H2N4OS. The summed E-state index contributed by atoms with van der Waals surface area (Å²) in [5, 5.41) is 12.5. The molecule has 2 aromatic heterocycles. The van der Waals surface area contributed by atoms with Gasteiger partial charge in [-0.15, -0.1) is 10.2 Å². The summed E-state index contributed by atoms with van der Waals surface area (Å²) in [4.78, 5) is 0. The lowest BCUT2D eigenvalue weighted by atomic mass is 10.4. The van der Waals surface area contributed by atoms with Gasteiger partial charge in [0.25, 0.3) is 0 Å². The van der Waals surface area contributed by atoms with E-state index in [1.165, 1.54) is 17.8 Å². The second-order valence-corrected chi connectivity index (χ2v) is 2.19. The van der Waals surface area contributed by atoms with Crippen molar-refractivity contribution in [3.63, 3.8) is 0 Å². The van der Waals surface area contributed by atoms with Gasteiger partial charge in [-0.2, -0.15) is 0 Å². The minimum absolute atomic E-state index is 0.619. The summed E-state index contributed by atoms with van der Waals surface area (Å²) in [6, 6.07) is 0. The molecular weight excluding hydrogens is 152 g/mol. The van der Waals surface area contributed by atoms with E-state index < -0.39 is 0 Å². The van der Waals surface area contributed by atoms with E-state index in [0.717, 1.165) is 0 Å². The summed E-state index contributed by atoms with van der Waals surface area (Å²) in [6.45, 7) is 0. The molecule has 6 heteroatoms. The van der Waals surface area contributed by atoms with Gasteiger partial charge in [0.15, 0.2) is 12.0 Å². The number of nitrogens with zero attached hydrogens (tertiary/aromatic N) is 4. The van der Waals surface area contributed by atoms with Crippen molar-refractivity contribution in [2.75, 3.05) is 0 Å². The maximum atomic E-state index is 4.51. The molecule has 2 aromatic rings. The molecule has 0 aliphatic carbocycles. The summed E-state index contributed by atoms with van der Waals surface area (Å²) in [5.74, 6) is 0. The van der Waals surface area contributed by atoms with Crippen LogP contribution in [0, 0.1) is 0 Å². The minimum Gasteiger partial charge on any atom is -0.345 e. The molecule has 0 aliphatic heterocycles. The summed E-state index contributed by atoms with van der Waals surface area (Å²) < 4.78 is 8.17. The second kappa shape index (κ2) is 2.14. The average Bonchev–Trinajstić information content (AvgIpc) is 2.59.